The molecule has 0 bridgehead atoms. The van der Waals surface area contributed by atoms with Gasteiger partial charge in [0.2, 0.25) is 0 Å². The van der Waals surface area contributed by atoms with E-state index in [-0.39, 0.29) is 5.75 Å². The minimum Gasteiger partial charge on any atom is -0.504 e. The number of hydrogen-bond acceptors (Lipinski definition) is 3. The lowest BCUT2D eigenvalue weighted by Gasteiger charge is -2.18. The normalized spacial score (nSPS) is 12.1. The molecule has 2 N–H and O–H groups in total. The maximum Gasteiger partial charge on any atom is 0.160 e. The molecule has 2 aromatic carbocycles. The molecule has 0 radical (unpaired) electrons. The standard InChI is InChI=1S/C18H23NO2/c1-4-16(15-8-5-13(2)6-9-15)19-12-14-7-10-17(20)18(11-14)21-3/h5-11,16,19-20H,4,12H2,1-3H3. The van der Waals surface area contributed by atoms with Crippen LogP contribution in [-0.2, 0) is 6.54 Å². The fourth-order valence-corrected chi connectivity index (χ4v) is 2.37. The van der Waals surface area contributed by atoms with Gasteiger partial charge in [-0.25, -0.2) is 0 Å². The highest BCUT2D eigenvalue weighted by atomic mass is 16.5. The number of nitrogens with one attached hydrogen (secondary N) is 1. The third-order valence-corrected chi connectivity index (χ3v) is 3.68. The highest BCUT2D eigenvalue weighted by molar-refractivity contribution is 5.41. The zero-order valence-electron chi connectivity index (χ0n) is 12.9. The van der Waals surface area contributed by atoms with E-state index in [0.29, 0.717) is 11.8 Å². The van der Waals surface area contributed by atoms with Gasteiger partial charge < -0.3 is 15.2 Å². The number of aryl methyl sites for hydroxylation is 1. The highest BCUT2D eigenvalue weighted by Gasteiger charge is 2.09. The average Bonchev–Trinajstić information content (AvgIpc) is 2.51. The molecule has 3 heteroatoms. The largest absolute Gasteiger partial charge is 0.504 e. The Kier molecular flexibility index (Phi) is 5.23. The van der Waals surface area contributed by atoms with E-state index in [4.69, 9.17) is 4.74 Å². The Bertz CT molecular complexity index is 578. The molecular formula is C18H23NO2. The van der Waals surface area contributed by atoms with Crippen molar-refractivity contribution < 1.29 is 9.84 Å². The Morgan fingerprint density at radius 1 is 1.14 bits per heavy atom. The van der Waals surface area contributed by atoms with Crippen molar-refractivity contribution >= 4 is 0 Å². The van der Waals surface area contributed by atoms with Gasteiger partial charge in [-0.3, -0.25) is 0 Å². The smallest absolute Gasteiger partial charge is 0.160 e. The summed E-state index contributed by atoms with van der Waals surface area (Å²) >= 11 is 0. The summed E-state index contributed by atoms with van der Waals surface area (Å²) in [5.41, 5.74) is 3.67. The Morgan fingerprint density at radius 2 is 1.86 bits per heavy atom. The van der Waals surface area contributed by atoms with Crippen molar-refractivity contribution in [2.45, 2.75) is 32.9 Å². The second-order valence-corrected chi connectivity index (χ2v) is 5.26. The van der Waals surface area contributed by atoms with Gasteiger partial charge in [0.15, 0.2) is 11.5 Å². The van der Waals surface area contributed by atoms with Crippen LogP contribution in [-0.4, -0.2) is 12.2 Å². The number of methoxy groups -OCH3 is 1. The summed E-state index contributed by atoms with van der Waals surface area (Å²) in [6, 6.07) is 14.4. The summed E-state index contributed by atoms with van der Waals surface area (Å²) in [4.78, 5) is 0. The van der Waals surface area contributed by atoms with E-state index in [9.17, 15) is 5.11 Å². The molecule has 21 heavy (non-hydrogen) atoms. The molecule has 3 nitrogen and oxygen atoms in total. The number of phenolic OH excluding ortho intramolecular Hbond substituents is 1. The fraction of sp³-hybridized carbons (Fsp3) is 0.333. The van der Waals surface area contributed by atoms with E-state index in [1.54, 1.807) is 13.2 Å². The van der Waals surface area contributed by atoms with Gasteiger partial charge in [-0.1, -0.05) is 42.8 Å². The van der Waals surface area contributed by atoms with Crippen LogP contribution in [0.5, 0.6) is 11.5 Å². The molecular weight excluding hydrogens is 262 g/mol. The Labute approximate surface area is 126 Å². The van der Waals surface area contributed by atoms with E-state index in [1.165, 1.54) is 11.1 Å². The molecule has 0 heterocycles. The summed E-state index contributed by atoms with van der Waals surface area (Å²) in [6.07, 6.45) is 1.03. The van der Waals surface area contributed by atoms with Crippen LogP contribution in [0.1, 0.15) is 36.1 Å². The molecule has 112 valence electrons. The van der Waals surface area contributed by atoms with Crippen LogP contribution >= 0.6 is 0 Å². The van der Waals surface area contributed by atoms with Crippen molar-refractivity contribution in [3.8, 4) is 11.5 Å². The first-order chi connectivity index (χ1) is 10.1. The zero-order chi connectivity index (χ0) is 15.2. The van der Waals surface area contributed by atoms with E-state index in [0.717, 1.165) is 18.5 Å². The molecule has 1 unspecified atom stereocenters. The fourth-order valence-electron chi connectivity index (χ4n) is 2.37. The monoisotopic (exact) mass is 285 g/mol. The Morgan fingerprint density at radius 3 is 2.48 bits per heavy atom. The van der Waals surface area contributed by atoms with Crippen LogP contribution in [0.25, 0.3) is 0 Å². The topological polar surface area (TPSA) is 41.5 Å². The van der Waals surface area contributed by atoms with Crippen molar-refractivity contribution in [2.24, 2.45) is 0 Å². The summed E-state index contributed by atoms with van der Waals surface area (Å²) in [7, 11) is 1.56. The minimum atomic E-state index is 0.173. The molecule has 0 saturated heterocycles. The summed E-state index contributed by atoms with van der Waals surface area (Å²) in [5.74, 6) is 0.685. The van der Waals surface area contributed by atoms with Crippen LogP contribution < -0.4 is 10.1 Å². The van der Waals surface area contributed by atoms with Crippen LogP contribution in [0.15, 0.2) is 42.5 Å². The highest BCUT2D eigenvalue weighted by Crippen LogP contribution is 2.26. The SMILES string of the molecule is CCC(NCc1ccc(O)c(OC)c1)c1ccc(C)cc1. The van der Waals surface area contributed by atoms with Crippen molar-refractivity contribution in [2.75, 3.05) is 7.11 Å². The first kappa shape index (κ1) is 15.4. The zero-order valence-corrected chi connectivity index (χ0v) is 12.9. The van der Waals surface area contributed by atoms with E-state index >= 15 is 0 Å². The van der Waals surface area contributed by atoms with Crippen molar-refractivity contribution in [1.82, 2.24) is 5.32 Å². The number of hydrogen-bond donors (Lipinski definition) is 2. The first-order valence-electron chi connectivity index (χ1n) is 7.30. The molecule has 0 aliphatic heterocycles. The Hall–Kier alpha value is -2.00. The maximum absolute atomic E-state index is 9.62. The second kappa shape index (κ2) is 7.14. The lowest BCUT2D eigenvalue weighted by molar-refractivity contribution is 0.372. The third kappa shape index (κ3) is 3.99. The predicted molar refractivity (Wildman–Crippen MR) is 85.7 cm³/mol. The minimum absolute atomic E-state index is 0.173. The number of phenols is 1. The van der Waals surface area contributed by atoms with Gasteiger partial charge >= 0.3 is 0 Å². The second-order valence-electron chi connectivity index (χ2n) is 5.26. The lowest BCUT2D eigenvalue weighted by atomic mass is 10.0. The van der Waals surface area contributed by atoms with Gasteiger partial charge in [0, 0.05) is 12.6 Å². The average molecular weight is 285 g/mol. The van der Waals surface area contributed by atoms with Gasteiger partial charge in [-0.2, -0.15) is 0 Å². The van der Waals surface area contributed by atoms with Crippen LogP contribution in [0, 0.1) is 6.92 Å². The molecule has 0 fully saturated rings. The molecule has 2 aromatic rings. The van der Waals surface area contributed by atoms with Gasteiger partial charge in [-0.15, -0.1) is 0 Å². The summed E-state index contributed by atoms with van der Waals surface area (Å²) < 4.78 is 5.14. The van der Waals surface area contributed by atoms with Crippen LogP contribution in [0.2, 0.25) is 0 Å². The molecule has 0 aliphatic rings. The van der Waals surface area contributed by atoms with Gasteiger partial charge in [0.1, 0.15) is 0 Å². The first-order valence-corrected chi connectivity index (χ1v) is 7.30. The van der Waals surface area contributed by atoms with E-state index in [1.807, 2.05) is 12.1 Å². The number of rotatable bonds is 6. The lowest BCUT2D eigenvalue weighted by Crippen LogP contribution is -2.20. The van der Waals surface area contributed by atoms with Crippen molar-refractivity contribution in [3.63, 3.8) is 0 Å². The quantitative estimate of drug-likeness (QED) is 0.844. The van der Waals surface area contributed by atoms with Crippen molar-refractivity contribution in [1.29, 1.82) is 0 Å². The van der Waals surface area contributed by atoms with E-state index in [2.05, 4.69) is 43.4 Å². The third-order valence-electron chi connectivity index (χ3n) is 3.68. The number of ether oxygens (including phenoxy) is 1. The molecule has 0 amide bonds. The maximum atomic E-state index is 9.62. The molecule has 0 spiro atoms. The van der Waals surface area contributed by atoms with Crippen LogP contribution in [0.3, 0.4) is 0 Å². The summed E-state index contributed by atoms with van der Waals surface area (Å²) in [6.45, 7) is 5.01. The number of benzene rings is 2. The molecule has 0 saturated carbocycles. The van der Waals surface area contributed by atoms with Gasteiger partial charge in [0.25, 0.3) is 0 Å². The van der Waals surface area contributed by atoms with Crippen molar-refractivity contribution in [3.05, 3.63) is 59.2 Å². The summed E-state index contributed by atoms with van der Waals surface area (Å²) in [5, 5.41) is 13.2. The van der Waals surface area contributed by atoms with Gasteiger partial charge in [0.05, 0.1) is 7.11 Å². The predicted octanol–water partition coefficient (Wildman–Crippen LogP) is 3.95. The Balaban J connectivity index is 2.04. The van der Waals surface area contributed by atoms with Gasteiger partial charge in [-0.05, 0) is 36.6 Å². The molecule has 2 rings (SSSR count). The molecule has 1 atom stereocenters. The number of aromatic hydroxyl groups is 1. The van der Waals surface area contributed by atoms with Crippen LogP contribution in [0.4, 0.5) is 0 Å². The molecule has 0 aromatic heterocycles. The molecule has 0 aliphatic carbocycles. The van der Waals surface area contributed by atoms with E-state index < -0.39 is 0 Å².